The summed E-state index contributed by atoms with van der Waals surface area (Å²) in [5.74, 6) is 0. The number of fused-ring (bicyclic) bond motifs is 7. The predicted octanol–water partition coefficient (Wildman–Crippen LogP) is 14.3. The van der Waals surface area contributed by atoms with Crippen LogP contribution in [0.2, 0.25) is 0 Å². The quantitative estimate of drug-likeness (QED) is 0.176. The Hall–Kier alpha value is -5.96. The van der Waals surface area contributed by atoms with Crippen LogP contribution in [0.15, 0.2) is 176 Å². The van der Waals surface area contributed by atoms with Gasteiger partial charge in [-0.3, -0.25) is 0 Å². The highest BCUT2D eigenvalue weighted by molar-refractivity contribution is 7.25. The minimum Gasteiger partial charge on any atom is -0.310 e. The SMILES string of the molecule is CC1(C)c2ccccc2-c2ccc(N(c3ccc(-c4ccccc4)cc3)c3cc4sc5ccccc5c4cc3-c3ccc4ccccc4c3)cc21. The summed E-state index contributed by atoms with van der Waals surface area (Å²) in [5.41, 5.74) is 13.6. The van der Waals surface area contributed by atoms with E-state index in [4.69, 9.17) is 0 Å². The highest BCUT2D eigenvalue weighted by atomic mass is 32.1. The van der Waals surface area contributed by atoms with Crippen LogP contribution in [0, 0.1) is 0 Å². The topological polar surface area (TPSA) is 3.24 Å². The second-order valence-corrected chi connectivity index (χ2v) is 15.3. The zero-order valence-corrected chi connectivity index (χ0v) is 29.4. The average Bonchev–Trinajstić information content (AvgIpc) is 3.66. The summed E-state index contributed by atoms with van der Waals surface area (Å²) in [6, 6.07) is 65.0. The third-order valence-corrected chi connectivity index (χ3v) is 12.0. The molecule has 0 spiro atoms. The van der Waals surface area contributed by atoms with Gasteiger partial charge in [-0.1, -0.05) is 141 Å². The molecule has 0 atom stereocenters. The van der Waals surface area contributed by atoms with Crippen LogP contribution in [-0.2, 0) is 5.41 Å². The van der Waals surface area contributed by atoms with Crippen LogP contribution in [-0.4, -0.2) is 0 Å². The van der Waals surface area contributed by atoms with E-state index in [2.05, 4.69) is 195 Å². The van der Waals surface area contributed by atoms with Gasteiger partial charge in [-0.25, -0.2) is 0 Å². The molecule has 9 aromatic rings. The van der Waals surface area contributed by atoms with E-state index >= 15 is 0 Å². The van der Waals surface area contributed by atoms with Crippen molar-refractivity contribution in [3.63, 3.8) is 0 Å². The minimum absolute atomic E-state index is 0.110. The number of thiophene rings is 1. The third kappa shape index (κ3) is 4.82. The van der Waals surface area contributed by atoms with Gasteiger partial charge in [0.2, 0.25) is 0 Å². The largest absolute Gasteiger partial charge is 0.310 e. The molecule has 1 aliphatic rings. The third-order valence-electron chi connectivity index (χ3n) is 10.9. The van der Waals surface area contributed by atoms with Gasteiger partial charge in [-0.05, 0) is 98.2 Å². The van der Waals surface area contributed by atoms with Crippen LogP contribution in [0.3, 0.4) is 0 Å². The van der Waals surface area contributed by atoms with E-state index in [1.165, 1.54) is 81.1 Å². The molecule has 242 valence electrons. The molecule has 2 heteroatoms. The van der Waals surface area contributed by atoms with E-state index in [0.717, 1.165) is 11.4 Å². The predicted molar refractivity (Wildman–Crippen MR) is 220 cm³/mol. The monoisotopic (exact) mass is 669 g/mol. The van der Waals surface area contributed by atoms with Crippen LogP contribution < -0.4 is 4.90 Å². The second-order valence-electron chi connectivity index (χ2n) is 14.2. The van der Waals surface area contributed by atoms with Crippen LogP contribution in [0.1, 0.15) is 25.0 Å². The Morgan fingerprint density at radius 3 is 1.94 bits per heavy atom. The summed E-state index contributed by atoms with van der Waals surface area (Å²) in [6.45, 7) is 4.73. The lowest BCUT2D eigenvalue weighted by atomic mass is 9.82. The Bertz CT molecular complexity index is 2770. The smallest absolute Gasteiger partial charge is 0.0554 e. The lowest BCUT2D eigenvalue weighted by molar-refractivity contribution is 0.660. The molecule has 0 N–H and O–H groups in total. The number of hydrogen-bond acceptors (Lipinski definition) is 2. The highest BCUT2D eigenvalue weighted by Gasteiger charge is 2.36. The molecule has 0 bridgehead atoms. The lowest BCUT2D eigenvalue weighted by Crippen LogP contribution is -2.17. The molecule has 1 heterocycles. The Labute approximate surface area is 302 Å². The van der Waals surface area contributed by atoms with Gasteiger partial charge in [0.15, 0.2) is 0 Å². The van der Waals surface area contributed by atoms with Gasteiger partial charge in [0.25, 0.3) is 0 Å². The summed E-state index contributed by atoms with van der Waals surface area (Å²) < 4.78 is 2.60. The summed E-state index contributed by atoms with van der Waals surface area (Å²) in [4.78, 5) is 2.49. The summed E-state index contributed by atoms with van der Waals surface area (Å²) >= 11 is 1.87. The maximum atomic E-state index is 2.49. The Kier molecular flexibility index (Phi) is 6.78. The Morgan fingerprint density at radius 2 is 1.08 bits per heavy atom. The molecular formula is C49H35NS. The van der Waals surface area contributed by atoms with Gasteiger partial charge in [0, 0.05) is 42.5 Å². The first kappa shape index (κ1) is 29.9. The fourth-order valence-corrected chi connectivity index (χ4v) is 9.35. The van der Waals surface area contributed by atoms with Crippen molar-refractivity contribution in [2.45, 2.75) is 19.3 Å². The first-order valence-electron chi connectivity index (χ1n) is 17.7. The van der Waals surface area contributed by atoms with E-state index in [1.807, 2.05) is 11.3 Å². The second kappa shape index (κ2) is 11.6. The number of nitrogens with zero attached hydrogens (tertiary/aromatic N) is 1. The average molecular weight is 670 g/mol. The van der Waals surface area contributed by atoms with Crippen molar-refractivity contribution >= 4 is 59.3 Å². The van der Waals surface area contributed by atoms with Gasteiger partial charge >= 0.3 is 0 Å². The van der Waals surface area contributed by atoms with E-state index in [9.17, 15) is 0 Å². The highest BCUT2D eigenvalue weighted by Crippen LogP contribution is 2.52. The van der Waals surface area contributed by atoms with Crippen LogP contribution >= 0.6 is 11.3 Å². The normalized spacial score (nSPS) is 13.1. The summed E-state index contributed by atoms with van der Waals surface area (Å²) in [5, 5.41) is 5.10. The first-order chi connectivity index (χ1) is 25.0. The fourth-order valence-electron chi connectivity index (χ4n) is 8.23. The van der Waals surface area contributed by atoms with Gasteiger partial charge < -0.3 is 4.90 Å². The minimum atomic E-state index is -0.110. The maximum absolute atomic E-state index is 2.49. The Morgan fingerprint density at radius 1 is 0.412 bits per heavy atom. The van der Waals surface area contributed by atoms with Crippen molar-refractivity contribution in [2.75, 3.05) is 4.90 Å². The fraction of sp³-hybridized carbons (Fsp3) is 0.0612. The van der Waals surface area contributed by atoms with Gasteiger partial charge in [-0.15, -0.1) is 11.3 Å². The molecule has 10 rings (SSSR count). The van der Waals surface area contributed by atoms with E-state index < -0.39 is 0 Å². The molecule has 8 aromatic carbocycles. The molecule has 0 fully saturated rings. The van der Waals surface area contributed by atoms with Crippen molar-refractivity contribution in [3.8, 4) is 33.4 Å². The maximum Gasteiger partial charge on any atom is 0.0554 e. The van der Waals surface area contributed by atoms with Crippen molar-refractivity contribution in [3.05, 3.63) is 187 Å². The Balaban J connectivity index is 1.24. The van der Waals surface area contributed by atoms with Gasteiger partial charge in [-0.2, -0.15) is 0 Å². The number of benzene rings is 8. The van der Waals surface area contributed by atoms with Crippen molar-refractivity contribution in [2.24, 2.45) is 0 Å². The zero-order chi connectivity index (χ0) is 34.1. The number of anilines is 3. The summed E-state index contributed by atoms with van der Waals surface area (Å²) in [6.07, 6.45) is 0. The number of hydrogen-bond donors (Lipinski definition) is 0. The van der Waals surface area contributed by atoms with Gasteiger partial charge in [0.1, 0.15) is 0 Å². The molecule has 0 amide bonds. The van der Waals surface area contributed by atoms with E-state index in [-0.39, 0.29) is 5.41 Å². The van der Waals surface area contributed by atoms with E-state index in [0.29, 0.717) is 0 Å². The molecule has 0 saturated carbocycles. The number of rotatable bonds is 5. The first-order valence-corrected chi connectivity index (χ1v) is 18.5. The molecule has 0 saturated heterocycles. The van der Waals surface area contributed by atoms with Crippen molar-refractivity contribution in [1.82, 2.24) is 0 Å². The molecule has 1 nitrogen and oxygen atoms in total. The zero-order valence-electron chi connectivity index (χ0n) is 28.6. The lowest BCUT2D eigenvalue weighted by Gasteiger charge is -2.30. The standard InChI is InChI=1S/C49H35NS/c1-49(2)44-18-10-8-16-39(44)40-27-26-38(29-45(40)49)50(37-24-22-34(23-25-37)32-12-4-3-5-13-32)46-31-48-43(41-17-9-11-19-47(41)51-48)30-42(46)36-21-20-33-14-6-7-15-35(33)28-36/h3-31H,1-2H3. The summed E-state index contributed by atoms with van der Waals surface area (Å²) in [7, 11) is 0. The van der Waals surface area contributed by atoms with E-state index in [1.54, 1.807) is 0 Å². The molecule has 1 aromatic heterocycles. The van der Waals surface area contributed by atoms with Crippen LogP contribution in [0.4, 0.5) is 17.1 Å². The van der Waals surface area contributed by atoms with Crippen molar-refractivity contribution < 1.29 is 0 Å². The van der Waals surface area contributed by atoms with Gasteiger partial charge in [0.05, 0.1) is 5.69 Å². The van der Waals surface area contributed by atoms with Crippen LogP contribution in [0.25, 0.3) is 64.3 Å². The molecule has 1 aliphatic carbocycles. The molecular weight excluding hydrogens is 635 g/mol. The molecule has 0 radical (unpaired) electrons. The molecule has 0 unspecified atom stereocenters. The molecule has 0 aliphatic heterocycles. The molecule has 51 heavy (non-hydrogen) atoms. The van der Waals surface area contributed by atoms with Crippen LogP contribution in [0.5, 0.6) is 0 Å². The van der Waals surface area contributed by atoms with Crippen molar-refractivity contribution in [1.29, 1.82) is 0 Å².